The van der Waals surface area contributed by atoms with Crippen LogP contribution in [0.15, 0.2) is 41.1 Å². The van der Waals surface area contributed by atoms with Crippen LogP contribution in [0.5, 0.6) is 11.5 Å². The van der Waals surface area contributed by atoms with E-state index in [1.54, 1.807) is 19.5 Å². The Labute approximate surface area is 163 Å². The molecule has 1 saturated heterocycles. The summed E-state index contributed by atoms with van der Waals surface area (Å²) >= 11 is 0. The molecule has 4 rings (SSSR count). The number of hydrogen-bond donors (Lipinski definition) is 1. The second-order valence-corrected chi connectivity index (χ2v) is 6.39. The second kappa shape index (κ2) is 8.74. The molecule has 0 unspecified atom stereocenters. The molecule has 3 heterocycles. The SMILES string of the molecule is COc1ccc(OCCN2CCNCC2)c2oc(C#Cc3cccnc3)nc12. The van der Waals surface area contributed by atoms with E-state index in [9.17, 15) is 0 Å². The van der Waals surface area contributed by atoms with Gasteiger partial charge in [-0.2, -0.15) is 4.98 Å². The fraction of sp³-hybridized carbons (Fsp3) is 0.333. The summed E-state index contributed by atoms with van der Waals surface area (Å²) in [4.78, 5) is 10.9. The largest absolute Gasteiger partial charge is 0.494 e. The van der Waals surface area contributed by atoms with E-state index in [0.717, 1.165) is 38.3 Å². The van der Waals surface area contributed by atoms with Crippen LogP contribution in [0.4, 0.5) is 0 Å². The Hall–Kier alpha value is -3.08. The van der Waals surface area contributed by atoms with E-state index < -0.39 is 0 Å². The predicted molar refractivity (Wildman–Crippen MR) is 106 cm³/mol. The summed E-state index contributed by atoms with van der Waals surface area (Å²) < 4.78 is 17.3. The van der Waals surface area contributed by atoms with E-state index in [1.807, 2.05) is 24.3 Å². The first-order valence-corrected chi connectivity index (χ1v) is 9.29. The van der Waals surface area contributed by atoms with Crippen molar-refractivity contribution in [3.8, 4) is 23.3 Å². The van der Waals surface area contributed by atoms with Crippen LogP contribution in [0.3, 0.4) is 0 Å². The minimum absolute atomic E-state index is 0.315. The van der Waals surface area contributed by atoms with Gasteiger partial charge >= 0.3 is 0 Å². The fourth-order valence-corrected chi connectivity index (χ4v) is 3.07. The zero-order chi connectivity index (χ0) is 19.2. The molecule has 0 atom stereocenters. The van der Waals surface area contributed by atoms with Crippen molar-refractivity contribution in [3.05, 3.63) is 48.1 Å². The number of aromatic nitrogens is 2. The Morgan fingerprint density at radius 1 is 1.18 bits per heavy atom. The number of ether oxygens (including phenoxy) is 2. The van der Waals surface area contributed by atoms with Crippen molar-refractivity contribution < 1.29 is 13.9 Å². The van der Waals surface area contributed by atoms with Crippen molar-refractivity contribution in [2.75, 3.05) is 46.4 Å². The molecule has 0 radical (unpaired) electrons. The molecule has 1 fully saturated rings. The van der Waals surface area contributed by atoms with Gasteiger partial charge in [-0.15, -0.1) is 0 Å². The molecule has 0 aliphatic carbocycles. The first-order valence-electron chi connectivity index (χ1n) is 9.29. The second-order valence-electron chi connectivity index (χ2n) is 6.39. The average molecular weight is 378 g/mol. The van der Waals surface area contributed by atoms with Gasteiger partial charge in [0.05, 0.1) is 7.11 Å². The monoisotopic (exact) mass is 378 g/mol. The lowest BCUT2D eigenvalue weighted by molar-refractivity contribution is 0.191. The molecular formula is C21H22N4O3. The normalized spacial score (nSPS) is 14.5. The van der Waals surface area contributed by atoms with Gasteiger partial charge in [-0.3, -0.25) is 9.88 Å². The van der Waals surface area contributed by atoms with E-state index in [1.165, 1.54) is 0 Å². The molecule has 3 aromatic rings. The highest BCUT2D eigenvalue weighted by molar-refractivity contribution is 5.85. The molecule has 28 heavy (non-hydrogen) atoms. The average Bonchev–Trinajstić information content (AvgIpc) is 3.18. The number of pyridine rings is 1. The lowest BCUT2D eigenvalue weighted by Gasteiger charge is -2.26. The number of oxazole rings is 1. The van der Waals surface area contributed by atoms with Crippen molar-refractivity contribution >= 4 is 11.1 Å². The number of rotatable bonds is 5. The van der Waals surface area contributed by atoms with Gasteiger partial charge < -0.3 is 19.2 Å². The zero-order valence-corrected chi connectivity index (χ0v) is 15.8. The highest BCUT2D eigenvalue weighted by Gasteiger charge is 2.16. The Morgan fingerprint density at radius 2 is 2.04 bits per heavy atom. The molecular weight excluding hydrogens is 356 g/mol. The molecule has 1 aromatic carbocycles. The topological polar surface area (TPSA) is 72.7 Å². The smallest absolute Gasteiger partial charge is 0.274 e. The maximum Gasteiger partial charge on any atom is 0.274 e. The fourth-order valence-electron chi connectivity index (χ4n) is 3.07. The summed E-state index contributed by atoms with van der Waals surface area (Å²) in [5.41, 5.74) is 1.96. The first-order chi connectivity index (χ1) is 13.8. The number of benzene rings is 1. The summed E-state index contributed by atoms with van der Waals surface area (Å²) in [5, 5.41) is 3.35. The van der Waals surface area contributed by atoms with Crippen molar-refractivity contribution in [2.45, 2.75) is 0 Å². The van der Waals surface area contributed by atoms with E-state index in [2.05, 4.69) is 32.0 Å². The van der Waals surface area contributed by atoms with E-state index in [4.69, 9.17) is 13.9 Å². The minimum Gasteiger partial charge on any atom is -0.494 e. The van der Waals surface area contributed by atoms with Crippen molar-refractivity contribution in [3.63, 3.8) is 0 Å². The maximum atomic E-state index is 5.99. The summed E-state index contributed by atoms with van der Waals surface area (Å²) in [6.45, 7) is 5.58. The highest BCUT2D eigenvalue weighted by Crippen LogP contribution is 2.33. The number of piperazine rings is 1. The molecule has 144 valence electrons. The van der Waals surface area contributed by atoms with Crippen LogP contribution >= 0.6 is 0 Å². The quantitative estimate of drug-likeness (QED) is 0.680. The van der Waals surface area contributed by atoms with Crippen LogP contribution in [-0.2, 0) is 0 Å². The molecule has 0 bridgehead atoms. The molecule has 0 saturated carbocycles. The Morgan fingerprint density at radius 3 is 2.82 bits per heavy atom. The van der Waals surface area contributed by atoms with Crippen molar-refractivity contribution in [1.82, 2.24) is 20.2 Å². The van der Waals surface area contributed by atoms with Crippen LogP contribution in [0.25, 0.3) is 11.1 Å². The standard InChI is InChI=1S/C21H22N4O3/c1-26-17-5-6-18(27-14-13-25-11-9-22-10-12-25)21-20(17)24-19(28-21)7-4-16-3-2-8-23-15-16/h2-3,5-6,8,15,22H,9-14H2,1H3. The number of nitrogens with one attached hydrogen (secondary N) is 1. The van der Waals surface area contributed by atoms with Crippen LogP contribution < -0.4 is 14.8 Å². The molecule has 7 nitrogen and oxygen atoms in total. The summed E-state index contributed by atoms with van der Waals surface area (Å²) in [6, 6.07) is 7.41. The predicted octanol–water partition coefficient (Wildman–Crippen LogP) is 1.92. The zero-order valence-electron chi connectivity index (χ0n) is 15.8. The molecule has 1 N–H and O–H groups in total. The van der Waals surface area contributed by atoms with Gasteiger partial charge in [0.1, 0.15) is 12.4 Å². The lowest BCUT2D eigenvalue weighted by atomic mass is 10.3. The third-order valence-corrected chi connectivity index (χ3v) is 4.54. The van der Waals surface area contributed by atoms with Gasteiger partial charge in [0.15, 0.2) is 11.3 Å². The van der Waals surface area contributed by atoms with E-state index >= 15 is 0 Å². The van der Waals surface area contributed by atoms with Crippen LogP contribution in [0, 0.1) is 11.8 Å². The minimum atomic E-state index is 0.315. The third kappa shape index (κ3) is 4.25. The Balaban J connectivity index is 1.53. The molecule has 1 aliphatic rings. The lowest BCUT2D eigenvalue weighted by Crippen LogP contribution is -2.44. The van der Waals surface area contributed by atoms with E-state index in [-0.39, 0.29) is 0 Å². The van der Waals surface area contributed by atoms with Gasteiger partial charge in [-0.05, 0) is 30.2 Å². The molecule has 0 amide bonds. The van der Waals surface area contributed by atoms with Gasteiger partial charge in [0.25, 0.3) is 5.89 Å². The third-order valence-electron chi connectivity index (χ3n) is 4.54. The number of hydrogen-bond acceptors (Lipinski definition) is 7. The van der Waals surface area contributed by atoms with Crippen LogP contribution in [-0.4, -0.2) is 61.3 Å². The molecule has 0 spiro atoms. The summed E-state index contributed by atoms with van der Waals surface area (Å²) in [6.07, 6.45) is 3.40. The first kappa shape index (κ1) is 18.3. The number of fused-ring (bicyclic) bond motifs is 1. The number of methoxy groups -OCH3 is 1. The summed E-state index contributed by atoms with van der Waals surface area (Å²) in [7, 11) is 1.61. The van der Waals surface area contributed by atoms with E-state index in [0.29, 0.717) is 35.1 Å². The van der Waals surface area contributed by atoms with Crippen LogP contribution in [0.1, 0.15) is 11.5 Å². The summed E-state index contributed by atoms with van der Waals surface area (Å²) in [5.74, 6) is 7.53. The maximum absolute atomic E-state index is 5.99. The van der Waals surface area contributed by atoms with Crippen LogP contribution in [0.2, 0.25) is 0 Å². The van der Waals surface area contributed by atoms with Gasteiger partial charge in [0.2, 0.25) is 5.58 Å². The van der Waals surface area contributed by atoms with Crippen molar-refractivity contribution in [1.29, 1.82) is 0 Å². The Kier molecular flexibility index (Phi) is 5.71. The number of nitrogens with zero attached hydrogens (tertiary/aromatic N) is 3. The highest BCUT2D eigenvalue weighted by atomic mass is 16.5. The van der Waals surface area contributed by atoms with Crippen molar-refractivity contribution in [2.24, 2.45) is 0 Å². The van der Waals surface area contributed by atoms with Gasteiger partial charge in [-0.1, -0.05) is 5.92 Å². The Bertz CT molecular complexity index is 985. The van der Waals surface area contributed by atoms with Gasteiger partial charge in [0, 0.05) is 50.7 Å². The van der Waals surface area contributed by atoms with Gasteiger partial charge in [-0.25, -0.2) is 0 Å². The molecule has 7 heteroatoms. The molecule has 1 aliphatic heterocycles. The molecule has 2 aromatic heterocycles.